The lowest BCUT2D eigenvalue weighted by Gasteiger charge is -2.26. The Bertz CT molecular complexity index is 487. The number of likely N-dealkylation sites (tertiary alicyclic amines) is 1. The summed E-state index contributed by atoms with van der Waals surface area (Å²) in [5.41, 5.74) is 7.02. The number of nitrogens with zero attached hydrogens (tertiary/aromatic N) is 1. The summed E-state index contributed by atoms with van der Waals surface area (Å²) in [6.45, 7) is 1.79. The van der Waals surface area contributed by atoms with Crippen LogP contribution in [0.1, 0.15) is 23.2 Å². The van der Waals surface area contributed by atoms with Crippen molar-refractivity contribution < 1.29 is 9.53 Å². The molecule has 2 unspecified atom stereocenters. The van der Waals surface area contributed by atoms with Crippen molar-refractivity contribution in [1.82, 2.24) is 4.90 Å². The van der Waals surface area contributed by atoms with Crippen LogP contribution >= 0.6 is 0 Å². The first kappa shape index (κ1) is 11.4. The smallest absolute Gasteiger partial charge is 0.253 e. The Morgan fingerprint density at radius 3 is 2.94 bits per heavy atom. The Labute approximate surface area is 107 Å². The number of hydrogen-bond donors (Lipinski definition) is 1. The highest BCUT2D eigenvalue weighted by atomic mass is 16.5. The second kappa shape index (κ2) is 4.19. The van der Waals surface area contributed by atoms with Gasteiger partial charge < -0.3 is 15.4 Å². The zero-order valence-electron chi connectivity index (χ0n) is 10.6. The molecule has 4 nitrogen and oxygen atoms in total. The number of ether oxygens (including phenoxy) is 1. The standard InChI is InChI=1S/C14H18N2O2/c1-18-13-3-2-10(7-12(13)15)14(17)16-5-4-9-6-11(9)8-16/h2-3,7,9,11H,4-6,8,15H2,1H3. The van der Waals surface area contributed by atoms with Gasteiger partial charge in [0.1, 0.15) is 5.75 Å². The molecule has 18 heavy (non-hydrogen) atoms. The SMILES string of the molecule is COc1ccc(C(=O)N2CCC3CC3C2)cc1N. The van der Waals surface area contributed by atoms with Crippen molar-refractivity contribution in [3.63, 3.8) is 0 Å². The topological polar surface area (TPSA) is 55.6 Å². The van der Waals surface area contributed by atoms with Crippen LogP contribution in [0, 0.1) is 11.8 Å². The molecule has 2 atom stereocenters. The largest absolute Gasteiger partial charge is 0.495 e. The van der Waals surface area contributed by atoms with E-state index in [0.29, 0.717) is 17.0 Å². The summed E-state index contributed by atoms with van der Waals surface area (Å²) in [6, 6.07) is 5.25. The van der Waals surface area contributed by atoms with Crippen LogP contribution in [0.15, 0.2) is 18.2 Å². The number of carbonyl (C=O) groups is 1. The van der Waals surface area contributed by atoms with E-state index in [-0.39, 0.29) is 5.91 Å². The summed E-state index contributed by atoms with van der Waals surface area (Å²) >= 11 is 0. The van der Waals surface area contributed by atoms with Gasteiger partial charge in [0.15, 0.2) is 0 Å². The molecule has 0 radical (unpaired) electrons. The van der Waals surface area contributed by atoms with Crippen molar-refractivity contribution >= 4 is 11.6 Å². The van der Waals surface area contributed by atoms with E-state index in [0.717, 1.165) is 31.3 Å². The third-order valence-corrected chi connectivity index (χ3v) is 4.06. The molecule has 0 spiro atoms. The van der Waals surface area contributed by atoms with Gasteiger partial charge in [-0.05, 0) is 42.9 Å². The van der Waals surface area contributed by atoms with Gasteiger partial charge in [0.25, 0.3) is 5.91 Å². The van der Waals surface area contributed by atoms with Crippen LogP contribution in [0.4, 0.5) is 5.69 Å². The zero-order chi connectivity index (χ0) is 12.7. The molecule has 2 aliphatic rings. The quantitative estimate of drug-likeness (QED) is 0.809. The number of fused-ring (bicyclic) bond motifs is 1. The van der Waals surface area contributed by atoms with Crippen molar-refractivity contribution in [2.75, 3.05) is 25.9 Å². The lowest BCUT2D eigenvalue weighted by atomic mass is 10.1. The van der Waals surface area contributed by atoms with Crippen LogP contribution < -0.4 is 10.5 Å². The van der Waals surface area contributed by atoms with Gasteiger partial charge in [-0.3, -0.25) is 4.79 Å². The van der Waals surface area contributed by atoms with E-state index in [9.17, 15) is 4.79 Å². The predicted octanol–water partition coefficient (Wildman–Crippen LogP) is 1.76. The molecule has 4 heteroatoms. The summed E-state index contributed by atoms with van der Waals surface area (Å²) < 4.78 is 5.10. The average Bonchev–Trinajstić information content (AvgIpc) is 3.15. The Hall–Kier alpha value is -1.71. The molecular formula is C14H18N2O2. The number of piperidine rings is 1. The molecule has 3 rings (SSSR count). The first-order chi connectivity index (χ1) is 8.69. The van der Waals surface area contributed by atoms with E-state index in [1.165, 1.54) is 6.42 Å². The van der Waals surface area contributed by atoms with Gasteiger partial charge >= 0.3 is 0 Å². The molecule has 1 amide bonds. The third-order valence-electron chi connectivity index (χ3n) is 4.06. The van der Waals surface area contributed by atoms with E-state index >= 15 is 0 Å². The van der Waals surface area contributed by atoms with Crippen LogP contribution in [0.25, 0.3) is 0 Å². The number of benzene rings is 1. The molecule has 0 aromatic heterocycles. The predicted molar refractivity (Wildman–Crippen MR) is 69.5 cm³/mol. The van der Waals surface area contributed by atoms with E-state index in [4.69, 9.17) is 10.5 Å². The maximum Gasteiger partial charge on any atom is 0.253 e. The van der Waals surface area contributed by atoms with Gasteiger partial charge in [-0.25, -0.2) is 0 Å². The Morgan fingerprint density at radius 1 is 1.44 bits per heavy atom. The lowest BCUT2D eigenvalue weighted by Crippen LogP contribution is -2.36. The highest BCUT2D eigenvalue weighted by molar-refractivity contribution is 5.95. The number of amides is 1. The monoisotopic (exact) mass is 246 g/mol. The molecule has 96 valence electrons. The van der Waals surface area contributed by atoms with E-state index < -0.39 is 0 Å². The number of carbonyl (C=O) groups excluding carboxylic acids is 1. The van der Waals surface area contributed by atoms with Gasteiger partial charge in [0.2, 0.25) is 0 Å². The molecule has 1 aliphatic heterocycles. The Balaban J connectivity index is 1.77. The van der Waals surface area contributed by atoms with Crippen molar-refractivity contribution in [3.05, 3.63) is 23.8 Å². The number of methoxy groups -OCH3 is 1. The van der Waals surface area contributed by atoms with Gasteiger partial charge in [-0.15, -0.1) is 0 Å². The fraction of sp³-hybridized carbons (Fsp3) is 0.500. The molecule has 2 N–H and O–H groups in total. The first-order valence-electron chi connectivity index (χ1n) is 6.42. The van der Waals surface area contributed by atoms with Crippen LogP contribution in [-0.2, 0) is 0 Å². The molecule has 1 saturated heterocycles. The highest BCUT2D eigenvalue weighted by Gasteiger charge is 2.42. The molecule has 1 aliphatic carbocycles. The second-order valence-electron chi connectivity index (χ2n) is 5.25. The van der Waals surface area contributed by atoms with Gasteiger partial charge in [0, 0.05) is 18.7 Å². The summed E-state index contributed by atoms with van der Waals surface area (Å²) in [6.07, 6.45) is 2.45. The molecule has 1 saturated carbocycles. The Kier molecular flexibility index (Phi) is 2.65. The fourth-order valence-corrected chi connectivity index (χ4v) is 2.82. The molecule has 1 aromatic rings. The third kappa shape index (κ3) is 1.92. The van der Waals surface area contributed by atoms with Crippen LogP contribution in [0.5, 0.6) is 5.75 Å². The number of rotatable bonds is 2. The van der Waals surface area contributed by atoms with Crippen LogP contribution in [0.3, 0.4) is 0 Å². The van der Waals surface area contributed by atoms with Crippen molar-refractivity contribution in [1.29, 1.82) is 0 Å². The normalized spacial score (nSPS) is 25.5. The second-order valence-corrected chi connectivity index (χ2v) is 5.25. The van der Waals surface area contributed by atoms with E-state index in [2.05, 4.69) is 0 Å². The van der Waals surface area contributed by atoms with Gasteiger partial charge in [0.05, 0.1) is 12.8 Å². The highest BCUT2D eigenvalue weighted by Crippen LogP contribution is 2.45. The van der Waals surface area contributed by atoms with Crippen molar-refractivity contribution in [3.8, 4) is 5.75 Å². The van der Waals surface area contributed by atoms with E-state index in [1.807, 2.05) is 4.90 Å². The number of anilines is 1. The maximum atomic E-state index is 12.3. The summed E-state index contributed by atoms with van der Waals surface area (Å²) in [4.78, 5) is 14.3. The lowest BCUT2D eigenvalue weighted by molar-refractivity contribution is 0.0716. The van der Waals surface area contributed by atoms with Gasteiger partial charge in [-0.2, -0.15) is 0 Å². The summed E-state index contributed by atoms with van der Waals surface area (Å²) in [5, 5.41) is 0. The van der Waals surface area contributed by atoms with E-state index in [1.54, 1.807) is 25.3 Å². The fourth-order valence-electron chi connectivity index (χ4n) is 2.82. The maximum absolute atomic E-state index is 12.3. The zero-order valence-corrected chi connectivity index (χ0v) is 10.6. The average molecular weight is 246 g/mol. The number of nitrogens with two attached hydrogens (primary N) is 1. The molecule has 2 fully saturated rings. The molecule has 0 bridgehead atoms. The summed E-state index contributed by atoms with van der Waals surface area (Å²) in [5.74, 6) is 2.34. The molecule has 1 aromatic carbocycles. The van der Waals surface area contributed by atoms with Crippen molar-refractivity contribution in [2.45, 2.75) is 12.8 Å². The minimum Gasteiger partial charge on any atom is -0.495 e. The van der Waals surface area contributed by atoms with Crippen LogP contribution in [0.2, 0.25) is 0 Å². The molecule has 1 heterocycles. The summed E-state index contributed by atoms with van der Waals surface area (Å²) in [7, 11) is 1.57. The van der Waals surface area contributed by atoms with Gasteiger partial charge in [-0.1, -0.05) is 0 Å². The minimum atomic E-state index is 0.0923. The van der Waals surface area contributed by atoms with Crippen molar-refractivity contribution in [2.24, 2.45) is 11.8 Å². The minimum absolute atomic E-state index is 0.0923. The first-order valence-corrected chi connectivity index (χ1v) is 6.42. The molecular weight excluding hydrogens is 228 g/mol. The number of nitrogen functional groups attached to an aromatic ring is 1. The Morgan fingerprint density at radius 2 is 2.28 bits per heavy atom. The number of hydrogen-bond acceptors (Lipinski definition) is 3. The van der Waals surface area contributed by atoms with Crippen LogP contribution in [-0.4, -0.2) is 31.0 Å².